The van der Waals surface area contributed by atoms with Gasteiger partial charge in [0, 0.05) is 12.6 Å². The third-order valence-electron chi connectivity index (χ3n) is 4.69. The smallest absolute Gasteiger partial charge is 0.387 e. The highest BCUT2D eigenvalue weighted by Crippen LogP contribution is 2.37. The first-order valence-corrected chi connectivity index (χ1v) is 8.57. The highest BCUT2D eigenvalue weighted by atomic mass is 19.3. The van der Waals surface area contributed by atoms with Crippen molar-refractivity contribution in [2.45, 2.75) is 44.3 Å². The van der Waals surface area contributed by atoms with Gasteiger partial charge >= 0.3 is 12.6 Å². The average molecular weight is 355 g/mol. The zero-order valence-electron chi connectivity index (χ0n) is 14.2. The minimum atomic E-state index is -2.88. The third-order valence-corrected chi connectivity index (χ3v) is 4.69. The van der Waals surface area contributed by atoms with E-state index in [4.69, 9.17) is 9.47 Å². The van der Waals surface area contributed by atoms with Crippen molar-refractivity contribution in [3.63, 3.8) is 0 Å². The van der Waals surface area contributed by atoms with Gasteiger partial charge in [0.15, 0.2) is 11.5 Å². The number of carbonyl (C=O) groups is 1. The molecule has 1 saturated heterocycles. The van der Waals surface area contributed by atoms with E-state index in [0.29, 0.717) is 24.7 Å². The van der Waals surface area contributed by atoms with Crippen LogP contribution in [0.15, 0.2) is 18.2 Å². The summed E-state index contributed by atoms with van der Waals surface area (Å²) < 4.78 is 40.2. The Hall–Kier alpha value is -1.89. The molecule has 0 amide bonds. The topological polar surface area (TPSA) is 56.8 Å². The Bertz CT molecular complexity index is 607. The highest BCUT2D eigenvalue weighted by molar-refractivity contribution is 5.70. The van der Waals surface area contributed by atoms with Crippen molar-refractivity contribution in [3.05, 3.63) is 23.8 Å². The molecular formula is C18H23F2NO4. The Morgan fingerprint density at radius 1 is 1.32 bits per heavy atom. The molecule has 1 aromatic carbocycles. The Balaban J connectivity index is 1.68. The van der Waals surface area contributed by atoms with Crippen molar-refractivity contribution >= 4 is 5.97 Å². The molecule has 2 atom stereocenters. The number of hydrogen-bond acceptors (Lipinski definition) is 5. The standard InChI is InChI=1S/C18H23F2NO4/c1-23-17(22)8-14-6-13(9-21-14)12-4-5-15(25-18(19)20)16(7-12)24-10-11-2-3-11/h4-5,7,11,13-14,18,21H,2-3,6,8-10H2,1H3/t13?,14-/m0/s1. The van der Waals surface area contributed by atoms with Gasteiger partial charge in [0.1, 0.15) is 0 Å². The van der Waals surface area contributed by atoms with Crippen LogP contribution in [0.4, 0.5) is 8.78 Å². The van der Waals surface area contributed by atoms with Crippen LogP contribution in [0.3, 0.4) is 0 Å². The molecule has 1 unspecified atom stereocenters. The number of carbonyl (C=O) groups excluding carboxylic acids is 1. The van der Waals surface area contributed by atoms with Crippen molar-refractivity contribution in [1.29, 1.82) is 0 Å². The van der Waals surface area contributed by atoms with Gasteiger partial charge < -0.3 is 19.5 Å². The SMILES string of the molecule is COC(=O)C[C@@H]1CC(c2ccc(OC(F)F)c(OCC3CC3)c2)CN1. The second kappa shape index (κ2) is 7.99. The van der Waals surface area contributed by atoms with Crippen molar-refractivity contribution in [1.82, 2.24) is 5.32 Å². The van der Waals surface area contributed by atoms with Gasteiger partial charge in [0.25, 0.3) is 0 Å². The molecular weight excluding hydrogens is 332 g/mol. The summed E-state index contributed by atoms with van der Waals surface area (Å²) in [6.45, 7) is -1.64. The normalized spacial score (nSPS) is 22.9. The fourth-order valence-electron chi connectivity index (χ4n) is 3.09. The summed E-state index contributed by atoms with van der Waals surface area (Å²) in [5.74, 6) is 0.893. The van der Waals surface area contributed by atoms with E-state index < -0.39 is 6.61 Å². The van der Waals surface area contributed by atoms with Crippen LogP contribution in [0.25, 0.3) is 0 Å². The average Bonchev–Trinajstić information content (AvgIpc) is 3.31. The Kier molecular flexibility index (Phi) is 5.73. The van der Waals surface area contributed by atoms with Crippen molar-refractivity contribution in [2.75, 3.05) is 20.3 Å². The largest absolute Gasteiger partial charge is 0.489 e. The summed E-state index contributed by atoms with van der Waals surface area (Å²) in [6, 6.07) is 5.17. The molecule has 1 aromatic rings. The summed E-state index contributed by atoms with van der Waals surface area (Å²) in [5.41, 5.74) is 0.993. The molecule has 2 aliphatic rings. The maximum atomic E-state index is 12.6. The van der Waals surface area contributed by atoms with Gasteiger partial charge in [0.05, 0.1) is 20.1 Å². The van der Waals surface area contributed by atoms with Crippen molar-refractivity contribution in [3.8, 4) is 11.5 Å². The maximum absolute atomic E-state index is 12.6. The molecule has 2 fully saturated rings. The number of halogens is 2. The lowest BCUT2D eigenvalue weighted by Gasteiger charge is -2.16. The first kappa shape index (κ1) is 17.9. The molecule has 0 bridgehead atoms. The number of alkyl halides is 2. The first-order chi connectivity index (χ1) is 12.0. The fourth-order valence-corrected chi connectivity index (χ4v) is 3.09. The van der Waals surface area contributed by atoms with Crippen LogP contribution in [0, 0.1) is 5.92 Å². The molecule has 1 N–H and O–H groups in total. The van der Waals surface area contributed by atoms with E-state index in [9.17, 15) is 13.6 Å². The van der Waals surface area contributed by atoms with Crippen LogP contribution in [-0.2, 0) is 9.53 Å². The minimum absolute atomic E-state index is 0.0604. The summed E-state index contributed by atoms with van der Waals surface area (Å²) >= 11 is 0. The summed E-state index contributed by atoms with van der Waals surface area (Å²) in [7, 11) is 1.37. The summed E-state index contributed by atoms with van der Waals surface area (Å²) in [4.78, 5) is 11.4. The van der Waals surface area contributed by atoms with Crippen LogP contribution in [0.1, 0.15) is 37.2 Å². The Labute approximate surface area is 145 Å². The molecule has 5 nitrogen and oxygen atoms in total. The predicted molar refractivity (Wildman–Crippen MR) is 87.1 cm³/mol. The number of nitrogens with one attached hydrogen (secondary N) is 1. The van der Waals surface area contributed by atoms with Crippen LogP contribution >= 0.6 is 0 Å². The predicted octanol–water partition coefficient (Wildman–Crippen LogP) is 3.09. The number of hydrogen-bond donors (Lipinski definition) is 1. The van der Waals surface area contributed by atoms with Crippen molar-refractivity contribution in [2.24, 2.45) is 5.92 Å². The lowest BCUT2D eigenvalue weighted by Crippen LogP contribution is -2.24. The van der Waals surface area contributed by atoms with Gasteiger partial charge in [-0.05, 0) is 48.8 Å². The van der Waals surface area contributed by atoms with E-state index in [2.05, 4.69) is 10.1 Å². The molecule has 0 spiro atoms. The number of benzene rings is 1. The van der Waals surface area contributed by atoms with Gasteiger partial charge in [0.2, 0.25) is 0 Å². The quantitative estimate of drug-likeness (QED) is 0.726. The third kappa shape index (κ3) is 5.04. The maximum Gasteiger partial charge on any atom is 0.387 e. The lowest BCUT2D eigenvalue weighted by atomic mass is 9.95. The van der Waals surface area contributed by atoms with E-state index in [-0.39, 0.29) is 23.7 Å². The van der Waals surface area contributed by atoms with Crippen LogP contribution in [0.2, 0.25) is 0 Å². The zero-order valence-corrected chi connectivity index (χ0v) is 14.2. The van der Waals surface area contributed by atoms with Gasteiger partial charge in [-0.2, -0.15) is 8.78 Å². The van der Waals surface area contributed by atoms with E-state index in [0.717, 1.165) is 31.4 Å². The number of methoxy groups -OCH3 is 1. The molecule has 1 saturated carbocycles. The first-order valence-electron chi connectivity index (χ1n) is 8.57. The van der Waals surface area contributed by atoms with Crippen LogP contribution < -0.4 is 14.8 Å². The number of ether oxygens (including phenoxy) is 3. The lowest BCUT2D eigenvalue weighted by molar-refractivity contribution is -0.141. The molecule has 1 heterocycles. The summed E-state index contributed by atoms with van der Waals surface area (Å²) in [5, 5.41) is 3.30. The minimum Gasteiger partial charge on any atom is -0.489 e. The molecule has 1 aliphatic heterocycles. The van der Waals surface area contributed by atoms with Gasteiger partial charge in [-0.1, -0.05) is 6.07 Å². The Morgan fingerprint density at radius 3 is 2.80 bits per heavy atom. The van der Waals surface area contributed by atoms with Gasteiger partial charge in [-0.15, -0.1) is 0 Å². The second-order valence-electron chi connectivity index (χ2n) is 6.66. The number of rotatable bonds is 8. The highest BCUT2D eigenvalue weighted by Gasteiger charge is 2.28. The number of esters is 1. The Morgan fingerprint density at radius 2 is 2.12 bits per heavy atom. The molecule has 0 aromatic heterocycles. The summed E-state index contributed by atoms with van der Waals surface area (Å²) in [6.07, 6.45) is 3.34. The van der Waals surface area contributed by atoms with Crippen LogP contribution in [-0.4, -0.2) is 38.9 Å². The van der Waals surface area contributed by atoms with E-state index in [1.54, 1.807) is 12.1 Å². The zero-order chi connectivity index (χ0) is 17.8. The second-order valence-corrected chi connectivity index (χ2v) is 6.66. The van der Waals surface area contributed by atoms with E-state index in [1.165, 1.54) is 13.2 Å². The monoisotopic (exact) mass is 355 g/mol. The van der Waals surface area contributed by atoms with E-state index >= 15 is 0 Å². The molecule has 3 rings (SSSR count). The fraction of sp³-hybridized carbons (Fsp3) is 0.611. The molecule has 1 aliphatic carbocycles. The molecule has 0 radical (unpaired) electrons. The molecule has 7 heteroatoms. The molecule has 25 heavy (non-hydrogen) atoms. The van der Waals surface area contributed by atoms with Crippen LogP contribution in [0.5, 0.6) is 11.5 Å². The van der Waals surface area contributed by atoms with E-state index in [1.807, 2.05) is 0 Å². The molecule has 138 valence electrons. The van der Waals surface area contributed by atoms with Gasteiger partial charge in [-0.25, -0.2) is 0 Å². The van der Waals surface area contributed by atoms with Gasteiger partial charge in [-0.3, -0.25) is 4.79 Å². The van der Waals surface area contributed by atoms with Crippen molar-refractivity contribution < 1.29 is 27.8 Å².